The molecule has 0 amide bonds. The van der Waals surface area contributed by atoms with Crippen molar-refractivity contribution in [2.45, 2.75) is 32.7 Å². The minimum absolute atomic E-state index is 0. The molecule has 0 saturated carbocycles. The molecule has 2 heterocycles. The van der Waals surface area contributed by atoms with Crippen molar-refractivity contribution in [3.63, 3.8) is 0 Å². The fraction of sp³-hybridized carbons (Fsp3) is 0.667. The molecule has 1 aromatic heterocycles. The standard InChI is InChI=1S/C15H26N4S.HI/c1-2-16-15(18-13-14-7-6-12-20-14)17-8-11-19-9-4-3-5-10-19;/h6-7,12H,2-5,8-11,13H2,1H3,(H2,16,17,18);1H. The molecule has 2 rings (SSSR count). The fourth-order valence-corrected chi connectivity index (χ4v) is 3.04. The normalized spacial score (nSPS) is 16.3. The van der Waals surface area contributed by atoms with Gasteiger partial charge in [-0.25, -0.2) is 4.99 Å². The van der Waals surface area contributed by atoms with E-state index in [-0.39, 0.29) is 24.0 Å². The number of rotatable bonds is 6. The van der Waals surface area contributed by atoms with Gasteiger partial charge >= 0.3 is 0 Å². The van der Waals surface area contributed by atoms with Crippen LogP contribution >= 0.6 is 35.3 Å². The Bertz CT molecular complexity index is 388. The van der Waals surface area contributed by atoms with Crippen LogP contribution in [-0.2, 0) is 6.54 Å². The van der Waals surface area contributed by atoms with E-state index in [1.807, 2.05) is 0 Å². The largest absolute Gasteiger partial charge is 0.357 e. The molecule has 0 atom stereocenters. The molecule has 0 radical (unpaired) electrons. The van der Waals surface area contributed by atoms with Gasteiger partial charge in [-0.1, -0.05) is 12.5 Å². The highest BCUT2D eigenvalue weighted by atomic mass is 127. The van der Waals surface area contributed by atoms with Crippen molar-refractivity contribution in [3.8, 4) is 0 Å². The second kappa shape index (κ2) is 11.3. The van der Waals surface area contributed by atoms with E-state index in [2.05, 4.69) is 45.0 Å². The van der Waals surface area contributed by atoms with E-state index in [9.17, 15) is 0 Å². The number of hydrogen-bond acceptors (Lipinski definition) is 3. The number of nitrogens with zero attached hydrogens (tertiary/aromatic N) is 2. The Morgan fingerprint density at radius 2 is 2.10 bits per heavy atom. The van der Waals surface area contributed by atoms with Gasteiger partial charge in [0.25, 0.3) is 0 Å². The fourth-order valence-electron chi connectivity index (χ4n) is 2.42. The first-order chi connectivity index (χ1) is 9.88. The van der Waals surface area contributed by atoms with E-state index in [1.54, 1.807) is 11.3 Å². The van der Waals surface area contributed by atoms with Crippen molar-refractivity contribution >= 4 is 41.3 Å². The maximum absolute atomic E-state index is 4.62. The summed E-state index contributed by atoms with van der Waals surface area (Å²) in [5.74, 6) is 0.929. The highest BCUT2D eigenvalue weighted by Gasteiger charge is 2.09. The average Bonchev–Trinajstić information content (AvgIpc) is 2.99. The number of nitrogens with one attached hydrogen (secondary N) is 2. The molecule has 120 valence electrons. The number of likely N-dealkylation sites (tertiary alicyclic amines) is 1. The zero-order chi connectivity index (χ0) is 14.0. The summed E-state index contributed by atoms with van der Waals surface area (Å²) in [4.78, 5) is 8.47. The molecule has 0 bridgehead atoms. The highest BCUT2D eigenvalue weighted by molar-refractivity contribution is 14.0. The zero-order valence-corrected chi connectivity index (χ0v) is 16.0. The predicted molar refractivity (Wildman–Crippen MR) is 103 cm³/mol. The number of guanidine groups is 1. The summed E-state index contributed by atoms with van der Waals surface area (Å²) in [5.41, 5.74) is 0. The molecule has 21 heavy (non-hydrogen) atoms. The second-order valence-corrected chi connectivity index (χ2v) is 6.14. The molecular weight excluding hydrogens is 395 g/mol. The monoisotopic (exact) mass is 422 g/mol. The zero-order valence-electron chi connectivity index (χ0n) is 12.8. The predicted octanol–water partition coefficient (Wildman–Crippen LogP) is 2.91. The van der Waals surface area contributed by atoms with Crippen LogP contribution in [0.3, 0.4) is 0 Å². The van der Waals surface area contributed by atoms with Crippen LogP contribution in [-0.4, -0.2) is 43.6 Å². The van der Waals surface area contributed by atoms with Crippen LogP contribution in [0.1, 0.15) is 31.1 Å². The lowest BCUT2D eigenvalue weighted by atomic mass is 10.1. The van der Waals surface area contributed by atoms with E-state index >= 15 is 0 Å². The number of halogens is 1. The Morgan fingerprint density at radius 3 is 2.76 bits per heavy atom. The van der Waals surface area contributed by atoms with E-state index in [4.69, 9.17) is 0 Å². The van der Waals surface area contributed by atoms with Gasteiger partial charge in [0.2, 0.25) is 0 Å². The van der Waals surface area contributed by atoms with Crippen molar-refractivity contribution < 1.29 is 0 Å². The first kappa shape index (κ1) is 18.7. The van der Waals surface area contributed by atoms with Crippen molar-refractivity contribution in [2.24, 2.45) is 4.99 Å². The Hall–Kier alpha value is -0.340. The summed E-state index contributed by atoms with van der Waals surface area (Å²) in [6, 6.07) is 4.21. The molecule has 1 fully saturated rings. The number of thiophene rings is 1. The highest BCUT2D eigenvalue weighted by Crippen LogP contribution is 2.09. The quantitative estimate of drug-likeness (QED) is 0.421. The van der Waals surface area contributed by atoms with Crippen molar-refractivity contribution in [1.82, 2.24) is 15.5 Å². The first-order valence-corrected chi connectivity index (χ1v) is 8.53. The molecule has 1 aromatic rings. The van der Waals surface area contributed by atoms with Crippen LogP contribution in [0.25, 0.3) is 0 Å². The van der Waals surface area contributed by atoms with Gasteiger partial charge < -0.3 is 15.5 Å². The van der Waals surface area contributed by atoms with E-state index in [1.165, 1.54) is 37.2 Å². The van der Waals surface area contributed by atoms with Gasteiger partial charge in [-0.15, -0.1) is 35.3 Å². The Kier molecular flexibility index (Phi) is 10.0. The van der Waals surface area contributed by atoms with Crippen LogP contribution < -0.4 is 10.6 Å². The van der Waals surface area contributed by atoms with Gasteiger partial charge in [-0.05, 0) is 44.3 Å². The SMILES string of the molecule is CCNC(=NCc1cccs1)NCCN1CCCCC1.I. The summed E-state index contributed by atoms with van der Waals surface area (Å²) in [6.07, 6.45) is 4.11. The van der Waals surface area contributed by atoms with Gasteiger partial charge in [0.1, 0.15) is 0 Å². The molecule has 0 unspecified atom stereocenters. The molecule has 0 aliphatic carbocycles. The van der Waals surface area contributed by atoms with Gasteiger partial charge in [-0.2, -0.15) is 0 Å². The molecule has 6 heteroatoms. The van der Waals surface area contributed by atoms with Crippen LogP contribution in [0.2, 0.25) is 0 Å². The third kappa shape index (κ3) is 7.46. The molecule has 1 aliphatic rings. The van der Waals surface area contributed by atoms with Gasteiger partial charge in [0.05, 0.1) is 6.54 Å². The summed E-state index contributed by atoms with van der Waals surface area (Å²) in [7, 11) is 0. The molecular formula is C15H27IN4S. The summed E-state index contributed by atoms with van der Waals surface area (Å²) in [6.45, 7) is 8.36. The summed E-state index contributed by atoms with van der Waals surface area (Å²) >= 11 is 1.76. The van der Waals surface area contributed by atoms with E-state index in [0.717, 1.165) is 32.1 Å². The average molecular weight is 422 g/mol. The second-order valence-electron chi connectivity index (χ2n) is 5.10. The number of piperidine rings is 1. The van der Waals surface area contributed by atoms with E-state index in [0.29, 0.717) is 0 Å². The minimum atomic E-state index is 0. The first-order valence-electron chi connectivity index (χ1n) is 7.65. The van der Waals surface area contributed by atoms with Gasteiger partial charge in [0.15, 0.2) is 5.96 Å². The molecule has 1 saturated heterocycles. The summed E-state index contributed by atoms with van der Waals surface area (Å²) in [5, 5.41) is 8.84. The van der Waals surface area contributed by atoms with Crippen molar-refractivity contribution in [2.75, 3.05) is 32.7 Å². The van der Waals surface area contributed by atoms with Gasteiger partial charge in [0, 0.05) is 24.5 Å². The third-order valence-electron chi connectivity index (χ3n) is 3.49. The van der Waals surface area contributed by atoms with Crippen LogP contribution in [0.4, 0.5) is 0 Å². The van der Waals surface area contributed by atoms with E-state index < -0.39 is 0 Å². The molecule has 2 N–H and O–H groups in total. The van der Waals surface area contributed by atoms with Crippen molar-refractivity contribution in [3.05, 3.63) is 22.4 Å². The van der Waals surface area contributed by atoms with Crippen LogP contribution in [0, 0.1) is 0 Å². The van der Waals surface area contributed by atoms with Crippen molar-refractivity contribution in [1.29, 1.82) is 0 Å². The topological polar surface area (TPSA) is 39.7 Å². The van der Waals surface area contributed by atoms with Crippen LogP contribution in [0.15, 0.2) is 22.5 Å². The molecule has 0 spiro atoms. The molecule has 1 aliphatic heterocycles. The maximum Gasteiger partial charge on any atom is 0.191 e. The smallest absolute Gasteiger partial charge is 0.191 e. The minimum Gasteiger partial charge on any atom is -0.357 e. The maximum atomic E-state index is 4.62. The third-order valence-corrected chi connectivity index (χ3v) is 4.35. The lowest BCUT2D eigenvalue weighted by molar-refractivity contribution is 0.232. The Labute approximate surface area is 149 Å². The summed E-state index contributed by atoms with van der Waals surface area (Å²) < 4.78 is 0. The number of aliphatic imine (C=N–C) groups is 1. The lowest BCUT2D eigenvalue weighted by Gasteiger charge is -2.26. The number of hydrogen-bond donors (Lipinski definition) is 2. The lowest BCUT2D eigenvalue weighted by Crippen LogP contribution is -2.42. The molecule has 0 aromatic carbocycles. The van der Waals surface area contributed by atoms with Crippen LogP contribution in [0.5, 0.6) is 0 Å². The Morgan fingerprint density at radius 1 is 1.29 bits per heavy atom. The molecule has 4 nitrogen and oxygen atoms in total. The van der Waals surface area contributed by atoms with Gasteiger partial charge in [-0.3, -0.25) is 0 Å². The Balaban J connectivity index is 0.00000220.